The molecular formula is C45H73NO5S. The average molecular weight is 740 g/mol. The highest BCUT2D eigenvalue weighted by Gasteiger charge is 2.09. The zero-order valence-electron chi connectivity index (χ0n) is 29.1. The maximum absolute atomic E-state index is 11.2. The molecular weight excluding hydrogens is 667 g/mol. The fourth-order valence-electron chi connectivity index (χ4n) is 3.36. The molecule has 0 fully saturated rings. The van der Waals surface area contributed by atoms with Crippen molar-refractivity contribution < 1.29 is 22.8 Å². The Bertz CT molecular complexity index is 1490. The standard InChI is InChI=1S/C10H13NO.C9H10O.C9H12.C8H10O2S.C4H8O.5CH4/c1-8(2)10(12)11-9-6-4-3-5-7-9;1-2-9(10)8-6-4-3-5-7-8;1-2-6-9-7-4-3-5-8-9;1-2-11(9,10)8-6-4-3-5-7-8;1-3-4(2)5;;;;;/h3-8H,1-2H3,(H,11,12);3-7H,2H2,1H3;3-5,7-8H,2,6H2,1H3;3-7H,2H2,1H3;3H2,1-2H3;5*1H4. The van der Waals surface area contributed by atoms with Gasteiger partial charge in [-0.3, -0.25) is 9.59 Å². The molecule has 0 saturated carbocycles. The fourth-order valence-corrected chi connectivity index (χ4v) is 4.27. The molecule has 4 rings (SSSR count). The summed E-state index contributed by atoms with van der Waals surface area (Å²) < 4.78 is 22.4. The van der Waals surface area contributed by atoms with E-state index in [2.05, 4.69) is 42.6 Å². The number of benzene rings is 4. The summed E-state index contributed by atoms with van der Waals surface area (Å²) in [4.78, 5) is 32.4. The Balaban J connectivity index is -0.000000127. The van der Waals surface area contributed by atoms with Gasteiger partial charge >= 0.3 is 0 Å². The lowest BCUT2D eigenvalue weighted by atomic mass is 10.1. The van der Waals surface area contributed by atoms with Crippen molar-refractivity contribution in [1.29, 1.82) is 0 Å². The first-order valence-electron chi connectivity index (χ1n) is 16.2. The molecule has 0 bridgehead atoms. The molecule has 0 aliphatic carbocycles. The quantitative estimate of drug-likeness (QED) is 0.172. The van der Waals surface area contributed by atoms with Gasteiger partial charge in [-0.2, -0.15) is 0 Å². The number of carbonyl (C=O) groups excluding carboxylic acids is 3. The summed E-state index contributed by atoms with van der Waals surface area (Å²) in [5.41, 5.74) is 3.11. The third kappa shape index (κ3) is 29.4. The molecule has 7 heteroatoms. The Morgan fingerprint density at radius 1 is 0.596 bits per heavy atom. The van der Waals surface area contributed by atoms with Crippen molar-refractivity contribution in [2.24, 2.45) is 5.92 Å². The van der Waals surface area contributed by atoms with E-state index in [1.807, 2.05) is 88.4 Å². The zero-order chi connectivity index (χ0) is 35.5. The lowest BCUT2D eigenvalue weighted by molar-refractivity contribution is -0.119. The number of ketones is 2. The van der Waals surface area contributed by atoms with Crippen molar-refractivity contribution in [1.82, 2.24) is 0 Å². The number of para-hydroxylation sites is 1. The Morgan fingerprint density at radius 3 is 1.33 bits per heavy atom. The number of aryl methyl sites for hydroxylation is 1. The molecule has 0 unspecified atom stereocenters. The van der Waals surface area contributed by atoms with Gasteiger partial charge in [-0.1, -0.05) is 182 Å². The molecule has 0 radical (unpaired) electrons. The van der Waals surface area contributed by atoms with Crippen molar-refractivity contribution in [2.45, 2.75) is 116 Å². The molecule has 0 atom stereocenters. The molecule has 52 heavy (non-hydrogen) atoms. The van der Waals surface area contributed by atoms with E-state index < -0.39 is 9.84 Å². The Hall–Kier alpha value is -4.36. The van der Waals surface area contributed by atoms with E-state index in [4.69, 9.17) is 0 Å². The van der Waals surface area contributed by atoms with Gasteiger partial charge in [0, 0.05) is 30.0 Å². The van der Waals surface area contributed by atoms with Crippen LogP contribution in [0, 0.1) is 5.92 Å². The van der Waals surface area contributed by atoms with Crippen molar-refractivity contribution >= 4 is 33.0 Å². The third-order valence-corrected chi connectivity index (χ3v) is 8.09. The second-order valence-corrected chi connectivity index (χ2v) is 12.9. The summed E-state index contributed by atoms with van der Waals surface area (Å²) in [5, 5.41) is 2.80. The van der Waals surface area contributed by atoms with Gasteiger partial charge in [-0.05, 0) is 43.2 Å². The summed E-state index contributed by atoms with van der Waals surface area (Å²) in [6.45, 7) is 12.9. The van der Waals surface area contributed by atoms with E-state index in [0.29, 0.717) is 17.7 Å². The molecule has 294 valence electrons. The summed E-state index contributed by atoms with van der Waals surface area (Å²) in [7, 11) is -3.00. The summed E-state index contributed by atoms with van der Waals surface area (Å²) in [6, 6.07) is 37.9. The van der Waals surface area contributed by atoms with Crippen LogP contribution in [-0.2, 0) is 25.8 Å². The lowest BCUT2D eigenvalue weighted by Gasteiger charge is -2.06. The van der Waals surface area contributed by atoms with Crippen LogP contribution in [-0.4, -0.2) is 31.6 Å². The Kier molecular flexibility index (Phi) is 41.9. The zero-order valence-corrected chi connectivity index (χ0v) is 29.9. The minimum atomic E-state index is -3.00. The van der Waals surface area contributed by atoms with Crippen molar-refractivity contribution in [2.75, 3.05) is 11.1 Å². The second-order valence-electron chi connectivity index (χ2n) is 10.7. The summed E-state index contributed by atoms with van der Waals surface area (Å²) >= 11 is 0. The molecule has 4 aromatic rings. The number of hydrogen-bond acceptors (Lipinski definition) is 5. The van der Waals surface area contributed by atoms with E-state index in [0.717, 1.165) is 11.3 Å². The number of nitrogens with one attached hydrogen (secondary N) is 1. The van der Waals surface area contributed by atoms with Crippen molar-refractivity contribution in [3.8, 4) is 0 Å². The van der Waals surface area contributed by atoms with Crippen LogP contribution in [0.4, 0.5) is 5.69 Å². The molecule has 0 saturated heterocycles. The monoisotopic (exact) mass is 740 g/mol. The Morgan fingerprint density at radius 2 is 0.981 bits per heavy atom. The molecule has 1 amide bonds. The average Bonchev–Trinajstić information content (AvgIpc) is 3.11. The smallest absolute Gasteiger partial charge is 0.226 e. The van der Waals surface area contributed by atoms with Gasteiger partial charge in [-0.15, -0.1) is 0 Å². The van der Waals surface area contributed by atoms with Crippen LogP contribution < -0.4 is 5.32 Å². The topological polar surface area (TPSA) is 97.4 Å². The van der Waals surface area contributed by atoms with Gasteiger partial charge in [0.15, 0.2) is 15.6 Å². The number of carbonyl (C=O) groups is 3. The van der Waals surface area contributed by atoms with Crippen LogP contribution in [0.25, 0.3) is 0 Å². The summed E-state index contributed by atoms with van der Waals surface area (Å²) in [5.74, 6) is 0.716. The van der Waals surface area contributed by atoms with Crippen LogP contribution >= 0.6 is 0 Å². The van der Waals surface area contributed by atoms with Crippen LogP contribution in [0.15, 0.2) is 126 Å². The largest absolute Gasteiger partial charge is 0.326 e. The minimum absolute atomic E-state index is 0. The van der Waals surface area contributed by atoms with Crippen LogP contribution in [0.2, 0.25) is 0 Å². The van der Waals surface area contributed by atoms with Gasteiger partial charge in [0.05, 0.1) is 10.6 Å². The highest BCUT2D eigenvalue weighted by Crippen LogP contribution is 2.09. The minimum Gasteiger partial charge on any atom is -0.326 e. The van der Waals surface area contributed by atoms with Gasteiger partial charge in [0.1, 0.15) is 5.78 Å². The number of sulfone groups is 1. The molecule has 1 N–H and O–H groups in total. The first-order valence-corrected chi connectivity index (χ1v) is 17.8. The maximum atomic E-state index is 11.2. The van der Waals surface area contributed by atoms with E-state index >= 15 is 0 Å². The summed E-state index contributed by atoms with van der Waals surface area (Å²) in [6.07, 6.45) is 3.70. The molecule has 0 heterocycles. The highest BCUT2D eigenvalue weighted by atomic mass is 32.2. The van der Waals surface area contributed by atoms with Gasteiger partial charge < -0.3 is 10.1 Å². The predicted molar refractivity (Wildman–Crippen MR) is 230 cm³/mol. The second kappa shape index (κ2) is 36.4. The SMILES string of the molecule is C.C.C.C.C.CC(C)C(=O)Nc1ccccc1.CCC(=O)c1ccccc1.CCC(C)=O.CCCc1ccccc1.CCS(=O)(=O)c1ccccc1. The highest BCUT2D eigenvalue weighted by molar-refractivity contribution is 7.91. The number of amides is 1. The molecule has 4 aromatic carbocycles. The number of anilines is 1. The maximum Gasteiger partial charge on any atom is 0.226 e. The fraction of sp³-hybridized carbons (Fsp3) is 0.400. The first kappa shape index (κ1) is 59.8. The van der Waals surface area contributed by atoms with E-state index in [-0.39, 0.29) is 66.3 Å². The van der Waals surface area contributed by atoms with Gasteiger partial charge in [-0.25, -0.2) is 8.42 Å². The van der Waals surface area contributed by atoms with Crippen LogP contribution in [0.1, 0.15) is 121 Å². The first-order chi connectivity index (χ1) is 22.4. The van der Waals surface area contributed by atoms with Gasteiger partial charge in [0.2, 0.25) is 5.91 Å². The van der Waals surface area contributed by atoms with Crippen molar-refractivity contribution in [3.63, 3.8) is 0 Å². The van der Waals surface area contributed by atoms with E-state index in [1.54, 1.807) is 44.2 Å². The predicted octanol–water partition coefficient (Wildman–Crippen LogP) is 12.8. The van der Waals surface area contributed by atoms with Gasteiger partial charge in [0.25, 0.3) is 0 Å². The number of hydrogen-bond donors (Lipinski definition) is 1. The van der Waals surface area contributed by atoms with Crippen molar-refractivity contribution in [3.05, 3.63) is 132 Å². The number of rotatable bonds is 9. The van der Waals surface area contributed by atoms with E-state index in [1.165, 1.54) is 18.4 Å². The molecule has 0 aromatic heterocycles. The molecule has 0 aliphatic rings. The van der Waals surface area contributed by atoms with Crippen LogP contribution in [0.5, 0.6) is 0 Å². The molecule has 6 nitrogen and oxygen atoms in total. The van der Waals surface area contributed by atoms with E-state index in [9.17, 15) is 22.8 Å². The molecule has 0 spiro atoms. The van der Waals surface area contributed by atoms with Crippen LogP contribution in [0.3, 0.4) is 0 Å². The third-order valence-electron chi connectivity index (χ3n) is 6.34. The molecule has 0 aliphatic heterocycles. The Labute approximate surface area is 320 Å². The lowest BCUT2D eigenvalue weighted by Crippen LogP contribution is -2.17. The normalized spacial score (nSPS) is 8.85. The number of Topliss-reactive ketones (excluding diaryl/α,β-unsaturated/α-hetero) is 2.